The van der Waals surface area contributed by atoms with Gasteiger partial charge in [-0.25, -0.2) is 0 Å². The highest BCUT2D eigenvalue weighted by Gasteiger charge is 2.17. The normalized spacial score (nSPS) is 23.3. The highest BCUT2D eigenvalue weighted by Crippen LogP contribution is 2.26. The Kier molecular flexibility index (Phi) is 5.38. The first-order valence-corrected chi connectivity index (χ1v) is 7.60. The summed E-state index contributed by atoms with van der Waals surface area (Å²) in [5.74, 6) is 0.818. The molecule has 0 bridgehead atoms. The highest BCUT2D eigenvalue weighted by atomic mass is 35.5. The zero-order valence-corrected chi connectivity index (χ0v) is 12.5. The van der Waals surface area contributed by atoms with Crippen LogP contribution < -0.4 is 5.32 Å². The predicted molar refractivity (Wildman–Crippen MR) is 81.0 cm³/mol. The summed E-state index contributed by atoms with van der Waals surface area (Å²) in [6, 6.07) is 5.54. The second-order valence-electron chi connectivity index (χ2n) is 5.73. The molecular weight excluding hydrogens is 276 g/mol. The van der Waals surface area contributed by atoms with Gasteiger partial charge in [0.1, 0.15) is 5.02 Å². The molecule has 20 heavy (non-hydrogen) atoms. The quantitative estimate of drug-likeness (QED) is 0.512. The van der Waals surface area contributed by atoms with Gasteiger partial charge in [0.2, 0.25) is 0 Å². The Labute approximate surface area is 124 Å². The van der Waals surface area contributed by atoms with Crippen LogP contribution in [-0.2, 0) is 6.54 Å². The predicted octanol–water partition coefficient (Wildman–Crippen LogP) is 4.31. The van der Waals surface area contributed by atoms with Gasteiger partial charge in [-0.3, -0.25) is 10.1 Å². The van der Waals surface area contributed by atoms with Gasteiger partial charge in [-0.05, 0) is 36.8 Å². The summed E-state index contributed by atoms with van der Waals surface area (Å²) in [5.41, 5.74) is 0.902. The van der Waals surface area contributed by atoms with Crippen LogP contribution in [0.3, 0.4) is 0 Å². The van der Waals surface area contributed by atoms with Crippen LogP contribution in [-0.4, -0.2) is 11.0 Å². The molecule has 0 aromatic heterocycles. The maximum absolute atomic E-state index is 10.9. The van der Waals surface area contributed by atoms with Crippen molar-refractivity contribution in [3.05, 3.63) is 38.9 Å². The topological polar surface area (TPSA) is 55.2 Å². The van der Waals surface area contributed by atoms with E-state index in [0.29, 0.717) is 12.6 Å². The van der Waals surface area contributed by atoms with E-state index in [0.717, 1.165) is 11.5 Å². The van der Waals surface area contributed by atoms with Crippen LogP contribution in [0.25, 0.3) is 0 Å². The minimum absolute atomic E-state index is 0.0135. The summed E-state index contributed by atoms with van der Waals surface area (Å²) >= 11 is 5.82. The standard InChI is InChI=1S/C15H21ClN2O2/c1-11-3-2-4-13(7-5-11)17-10-12-6-8-14(16)15(9-12)18(19)20/h6,8-9,11,13,17H,2-5,7,10H2,1H3. The molecule has 1 N–H and O–H groups in total. The second-order valence-corrected chi connectivity index (χ2v) is 6.14. The molecule has 1 aliphatic rings. The zero-order chi connectivity index (χ0) is 14.5. The third-order valence-electron chi connectivity index (χ3n) is 4.06. The zero-order valence-electron chi connectivity index (χ0n) is 11.8. The third-order valence-corrected chi connectivity index (χ3v) is 4.38. The number of rotatable bonds is 4. The first kappa shape index (κ1) is 15.3. The minimum Gasteiger partial charge on any atom is -0.310 e. The first-order chi connectivity index (χ1) is 9.56. The van der Waals surface area contributed by atoms with E-state index in [9.17, 15) is 10.1 Å². The number of nitro benzene ring substituents is 1. The molecule has 2 rings (SSSR count). The molecule has 1 aromatic carbocycles. The molecule has 2 unspecified atom stereocenters. The number of nitrogens with one attached hydrogen (secondary N) is 1. The highest BCUT2D eigenvalue weighted by molar-refractivity contribution is 6.32. The van der Waals surface area contributed by atoms with Crippen LogP contribution in [0, 0.1) is 16.0 Å². The Morgan fingerprint density at radius 3 is 2.90 bits per heavy atom. The van der Waals surface area contributed by atoms with Gasteiger partial charge in [-0.15, -0.1) is 0 Å². The second kappa shape index (κ2) is 7.04. The van der Waals surface area contributed by atoms with Gasteiger partial charge in [0.05, 0.1) is 4.92 Å². The molecule has 1 aliphatic carbocycles. The lowest BCUT2D eigenvalue weighted by molar-refractivity contribution is -0.384. The van der Waals surface area contributed by atoms with Crippen molar-refractivity contribution >= 4 is 17.3 Å². The first-order valence-electron chi connectivity index (χ1n) is 7.22. The molecular formula is C15H21ClN2O2. The Balaban J connectivity index is 1.93. The fourth-order valence-corrected chi connectivity index (χ4v) is 2.95. The lowest BCUT2D eigenvalue weighted by atomic mass is 10.0. The maximum atomic E-state index is 10.9. The third kappa shape index (κ3) is 4.18. The molecule has 0 aliphatic heterocycles. The molecule has 1 saturated carbocycles. The van der Waals surface area contributed by atoms with Crippen LogP contribution in [0.5, 0.6) is 0 Å². The fourth-order valence-electron chi connectivity index (χ4n) is 2.76. The van der Waals surface area contributed by atoms with E-state index in [2.05, 4.69) is 12.2 Å². The molecule has 110 valence electrons. The van der Waals surface area contributed by atoms with E-state index in [-0.39, 0.29) is 10.7 Å². The van der Waals surface area contributed by atoms with Crippen molar-refractivity contribution in [3.63, 3.8) is 0 Å². The summed E-state index contributed by atoms with van der Waals surface area (Å²) in [6.07, 6.45) is 6.22. The van der Waals surface area contributed by atoms with Crippen LogP contribution in [0.1, 0.15) is 44.6 Å². The molecule has 4 nitrogen and oxygen atoms in total. The average molecular weight is 297 g/mol. The molecule has 0 spiro atoms. The van der Waals surface area contributed by atoms with Crippen molar-refractivity contribution in [1.82, 2.24) is 5.32 Å². The van der Waals surface area contributed by atoms with Gasteiger partial charge in [0.25, 0.3) is 5.69 Å². The Morgan fingerprint density at radius 2 is 2.15 bits per heavy atom. The number of benzene rings is 1. The maximum Gasteiger partial charge on any atom is 0.288 e. The minimum atomic E-state index is -0.431. The van der Waals surface area contributed by atoms with E-state index in [1.807, 2.05) is 6.07 Å². The summed E-state index contributed by atoms with van der Waals surface area (Å²) in [6.45, 7) is 2.97. The van der Waals surface area contributed by atoms with Crippen LogP contribution in [0.15, 0.2) is 18.2 Å². The van der Waals surface area contributed by atoms with Gasteiger partial charge < -0.3 is 5.32 Å². The van der Waals surface area contributed by atoms with Gasteiger partial charge in [-0.1, -0.05) is 37.4 Å². The van der Waals surface area contributed by atoms with Crippen molar-refractivity contribution in [2.45, 2.75) is 51.6 Å². The monoisotopic (exact) mass is 296 g/mol. The SMILES string of the molecule is CC1CCCC(NCc2ccc(Cl)c([N+](=O)[O-])c2)CC1. The van der Waals surface area contributed by atoms with E-state index >= 15 is 0 Å². The Hall–Kier alpha value is -1.13. The number of nitrogens with zero attached hydrogens (tertiary/aromatic N) is 1. The molecule has 1 aromatic rings. The van der Waals surface area contributed by atoms with Crippen molar-refractivity contribution in [1.29, 1.82) is 0 Å². The summed E-state index contributed by atoms with van der Waals surface area (Å²) < 4.78 is 0. The van der Waals surface area contributed by atoms with Crippen molar-refractivity contribution < 1.29 is 4.92 Å². The summed E-state index contributed by atoms with van der Waals surface area (Å²) in [7, 11) is 0. The molecule has 5 heteroatoms. The van der Waals surface area contributed by atoms with Crippen LogP contribution in [0.2, 0.25) is 5.02 Å². The van der Waals surface area contributed by atoms with Crippen molar-refractivity contribution in [3.8, 4) is 0 Å². The van der Waals surface area contributed by atoms with Crippen LogP contribution >= 0.6 is 11.6 Å². The van der Waals surface area contributed by atoms with Crippen LogP contribution in [0.4, 0.5) is 5.69 Å². The lowest BCUT2D eigenvalue weighted by Crippen LogP contribution is -2.27. The Bertz CT molecular complexity index is 479. The van der Waals surface area contributed by atoms with E-state index in [1.54, 1.807) is 12.1 Å². The van der Waals surface area contributed by atoms with Gasteiger partial charge >= 0.3 is 0 Å². The molecule has 0 radical (unpaired) electrons. The van der Waals surface area contributed by atoms with Crippen molar-refractivity contribution in [2.75, 3.05) is 0 Å². The van der Waals surface area contributed by atoms with Gasteiger partial charge in [0, 0.05) is 18.7 Å². The number of hydrogen-bond donors (Lipinski definition) is 1. The smallest absolute Gasteiger partial charge is 0.288 e. The van der Waals surface area contributed by atoms with E-state index < -0.39 is 4.92 Å². The molecule has 0 saturated heterocycles. The lowest BCUT2D eigenvalue weighted by Gasteiger charge is -2.16. The summed E-state index contributed by atoms with van der Waals surface area (Å²) in [4.78, 5) is 10.4. The van der Waals surface area contributed by atoms with E-state index in [4.69, 9.17) is 11.6 Å². The molecule has 2 atom stereocenters. The number of hydrogen-bond acceptors (Lipinski definition) is 3. The Morgan fingerprint density at radius 1 is 1.35 bits per heavy atom. The van der Waals surface area contributed by atoms with E-state index in [1.165, 1.54) is 32.1 Å². The summed E-state index contributed by atoms with van der Waals surface area (Å²) in [5, 5.41) is 14.6. The molecule has 0 heterocycles. The largest absolute Gasteiger partial charge is 0.310 e. The molecule has 1 fully saturated rings. The van der Waals surface area contributed by atoms with Gasteiger partial charge in [0.15, 0.2) is 0 Å². The number of nitro groups is 1. The molecule has 0 amide bonds. The van der Waals surface area contributed by atoms with Crippen molar-refractivity contribution in [2.24, 2.45) is 5.92 Å². The fraction of sp³-hybridized carbons (Fsp3) is 0.600. The number of halogens is 1. The average Bonchev–Trinajstić information content (AvgIpc) is 2.62. The van der Waals surface area contributed by atoms with Gasteiger partial charge in [-0.2, -0.15) is 0 Å².